The van der Waals surface area contributed by atoms with Gasteiger partial charge in [-0.05, 0) is 51.4 Å². The Morgan fingerprint density at radius 2 is 0.750 bits per heavy atom. The zero-order valence-electron chi connectivity index (χ0n) is 51.4. The fourth-order valence-electron chi connectivity index (χ4n) is 10.3. The number of hydrogen-bond acceptors (Lipinski definition) is 6. The van der Waals surface area contributed by atoms with Crippen molar-refractivity contribution in [1.29, 1.82) is 0 Å². The van der Waals surface area contributed by atoms with Crippen molar-refractivity contribution in [2.24, 2.45) is 0 Å². The first kappa shape index (κ1) is 74.9. The topological polar surface area (TPSA) is 125 Å². The molecule has 0 fully saturated rings. The van der Waals surface area contributed by atoms with Gasteiger partial charge in [0, 0.05) is 6.42 Å². The number of hydrogen-bond donors (Lipinski definition) is 4. The summed E-state index contributed by atoms with van der Waals surface area (Å²) in [5.41, 5.74) is 0. The third kappa shape index (κ3) is 57.6. The van der Waals surface area contributed by atoms with Gasteiger partial charge in [-0.25, -0.2) is 4.57 Å². The first-order valence-electron chi connectivity index (χ1n) is 33.3. The normalized spacial score (nSPS) is 14.3. The van der Waals surface area contributed by atoms with E-state index in [-0.39, 0.29) is 18.9 Å². The highest BCUT2D eigenvalue weighted by Crippen LogP contribution is 2.43. The number of rotatable bonds is 62. The number of phosphoric ester groups is 1. The van der Waals surface area contributed by atoms with Gasteiger partial charge in [0.15, 0.2) is 0 Å². The molecule has 0 heterocycles. The Labute approximate surface area is 473 Å². The van der Waals surface area contributed by atoms with Crippen LogP contribution in [0.25, 0.3) is 0 Å². The van der Waals surface area contributed by atoms with Gasteiger partial charge in [-0.3, -0.25) is 13.8 Å². The zero-order valence-corrected chi connectivity index (χ0v) is 52.3. The average molecular weight is 1100 g/mol. The Morgan fingerprint density at radius 3 is 1.09 bits per heavy atom. The van der Waals surface area contributed by atoms with Gasteiger partial charge in [0.25, 0.3) is 0 Å². The van der Waals surface area contributed by atoms with E-state index < -0.39 is 32.7 Å². The zero-order chi connectivity index (χ0) is 55.7. The van der Waals surface area contributed by atoms with Crippen molar-refractivity contribution in [2.75, 3.05) is 40.9 Å². The van der Waals surface area contributed by atoms with Gasteiger partial charge in [0.1, 0.15) is 19.3 Å². The van der Waals surface area contributed by atoms with Gasteiger partial charge in [-0.15, -0.1) is 0 Å². The second-order valence-electron chi connectivity index (χ2n) is 24.3. The van der Waals surface area contributed by atoms with Crippen molar-refractivity contribution in [2.45, 2.75) is 353 Å². The van der Waals surface area contributed by atoms with E-state index in [0.717, 1.165) is 44.9 Å². The number of carbonyl (C=O) groups excluding carboxylic acids is 1. The third-order valence-corrected chi connectivity index (χ3v) is 16.5. The maximum Gasteiger partial charge on any atom is 0.472 e. The maximum atomic E-state index is 13.0. The first-order chi connectivity index (χ1) is 36.9. The molecule has 76 heavy (non-hydrogen) atoms. The van der Waals surface area contributed by atoms with Gasteiger partial charge >= 0.3 is 7.82 Å². The van der Waals surface area contributed by atoms with Crippen LogP contribution in [-0.4, -0.2) is 84.6 Å². The molecule has 1 amide bonds. The van der Waals surface area contributed by atoms with Gasteiger partial charge in [0.2, 0.25) is 5.91 Å². The first-order valence-corrected chi connectivity index (χ1v) is 34.8. The minimum absolute atomic E-state index is 0.0159. The molecule has 0 aromatic carbocycles. The molecule has 4 atom stereocenters. The Bertz CT molecular complexity index is 1310. The van der Waals surface area contributed by atoms with Crippen molar-refractivity contribution >= 4 is 13.7 Å². The van der Waals surface area contributed by atoms with E-state index in [4.69, 9.17) is 9.05 Å². The molecule has 0 saturated carbocycles. The number of phosphoric acid groups is 1. The standard InChI is InChI=1S/C66H131N2O7P/c1-6-8-10-12-14-16-18-20-21-22-23-24-25-26-27-28-29-30-31-32-33-34-35-36-37-38-39-40-41-42-43-44-45-46-47-49-51-53-55-57-59-65(70)67-63(62-75-76(72,73)74-61-60-68(3,4)5)66(71)64(69)58-56-54-52-50-48-19-17-15-13-11-9-7-2/h15,17,50,52,63-64,66,69,71H,6-14,16,18-49,51,53-62H2,1-5H3,(H-,67,70,72,73)/p+1/b17-15+,52-50+. The number of nitrogens with one attached hydrogen (secondary N) is 1. The number of likely N-dealkylation sites (N-methyl/N-ethyl adjacent to an activating group) is 1. The summed E-state index contributed by atoms with van der Waals surface area (Å²) >= 11 is 0. The number of nitrogens with zero attached hydrogens (tertiary/aromatic N) is 1. The molecule has 0 saturated heterocycles. The van der Waals surface area contributed by atoms with Crippen LogP contribution in [0.15, 0.2) is 24.3 Å². The lowest BCUT2D eigenvalue weighted by atomic mass is 10.0. The van der Waals surface area contributed by atoms with Crippen LogP contribution in [0.4, 0.5) is 0 Å². The molecule has 4 unspecified atom stereocenters. The van der Waals surface area contributed by atoms with Crippen molar-refractivity contribution < 1.29 is 38.0 Å². The Hall–Kier alpha value is -1.06. The molecule has 0 aromatic heterocycles. The van der Waals surface area contributed by atoms with Crippen LogP contribution in [0.3, 0.4) is 0 Å². The van der Waals surface area contributed by atoms with Crippen molar-refractivity contribution in [3.8, 4) is 0 Å². The van der Waals surface area contributed by atoms with Gasteiger partial charge in [-0.2, -0.15) is 0 Å². The molecule has 4 N–H and O–H groups in total. The van der Waals surface area contributed by atoms with E-state index in [1.165, 1.54) is 257 Å². The number of amides is 1. The van der Waals surface area contributed by atoms with E-state index in [1.807, 2.05) is 21.1 Å². The summed E-state index contributed by atoms with van der Waals surface area (Å²) in [6, 6.07) is -1.05. The summed E-state index contributed by atoms with van der Waals surface area (Å²) in [6.45, 7) is 4.58. The van der Waals surface area contributed by atoms with Crippen LogP contribution in [0.5, 0.6) is 0 Å². The van der Waals surface area contributed by atoms with Crippen LogP contribution in [-0.2, 0) is 18.4 Å². The molecule has 0 rings (SSSR count). The fraction of sp³-hybridized carbons (Fsp3) is 0.924. The predicted molar refractivity (Wildman–Crippen MR) is 329 cm³/mol. The number of unbranched alkanes of at least 4 members (excludes halogenated alkanes) is 44. The molecule has 0 aliphatic carbocycles. The molecular formula is C66H132N2O7P+. The summed E-state index contributed by atoms with van der Waals surface area (Å²) < 4.78 is 23.6. The summed E-state index contributed by atoms with van der Waals surface area (Å²) in [6.07, 6.45) is 70.5. The van der Waals surface area contributed by atoms with E-state index in [0.29, 0.717) is 23.9 Å². The number of aliphatic hydroxyl groups is 2. The van der Waals surface area contributed by atoms with Crippen molar-refractivity contribution in [3.05, 3.63) is 24.3 Å². The highest BCUT2D eigenvalue weighted by molar-refractivity contribution is 7.47. The Balaban J connectivity index is 3.87. The van der Waals surface area contributed by atoms with Gasteiger partial charge in [-0.1, -0.05) is 301 Å². The Kier molecular flexibility index (Phi) is 56.4. The van der Waals surface area contributed by atoms with Crippen LogP contribution >= 0.6 is 7.82 Å². The number of quaternary nitrogens is 1. The van der Waals surface area contributed by atoms with Crippen LogP contribution in [0.1, 0.15) is 335 Å². The highest BCUT2D eigenvalue weighted by atomic mass is 31.2. The molecule has 9 nitrogen and oxygen atoms in total. The minimum atomic E-state index is -4.43. The van der Waals surface area contributed by atoms with E-state index in [2.05, 4.69) is 43.5 Å². The monoisotopic (exact) mass is 1100 g/mol. The second kappa shape index (κ2) is 57.2. The van der Waals surface area contributed by atoms with Crippen LogP contribution < -0.4 is 5.32 Å². The SMILES string of the molecule is CCCCC/C=C/CC/C=C/CCCC(O)C(O)C(COP(=O)(O)OCC[N+](C)(C)C)NC(=O)CCCCCCCCCCCCCCCCCCCCCCCCCCCCCCCCCCCCCCCCCC. The maximum absolute atomic E-state index is 13.0. The number of allylic oxidation sites excluding steroid dienone is 4. The summed E-state index contributed by atoms with van der Waals surface area (Å²) in [4.78, 5) is 23.3. The number of aliphatic hydroxyl groups excluding tert-OH is 2. The summed E-state index contributed by atoms with van der Waals surface area (Å²) in [5.74, 6) is -0.266. The molecule has 452 valence electrons. The lowest BCUT2D eigenvalue weighted by Crippen LogP contribution is -2.51. The molecule has 0 aliphatic heterocycles. The smallest absolute Gasteiger partial charge is 0.390 e. The van der Waals surface area contributed by atoms with E-state index in [9.17, 15) is 24.5 Å². The molecule has 0 aliphatic rings. The second-order valence-corrected chi connectivity index (χ2v) is 25.8. The third-order valence-electron chi connectivity index (χ3n) is 15.5. The minimum Gasteiger partial charge on any atom is -0.390 e. The van der Waals surface area contributed by atoms with E-state index >= 15 is 0 Å². The molecule has 0 aromatic rings. The largest absolute Gasteiger partial charge is 0.472 e. The molecule has 0 radical (unpaired) electrons. The molecule has 0 spiro atoms. The van der Waals surface area contributed by atoms with Gasteiger partial charge in [0.05, 0.1) is 39.9 Å². The van der Waals surface area contributed by atoms with E-state index in [1.54, 1.807) is 0 Å². The van der Waals surface area contributed by atoms with Crippen LogP contribution in [0.2, 0.25) is 0 Å². The summed E-state index contributed by atoms with van der Waals surface area (Å²) in [7, 11) is 1.42. The summed E-state index contributed by atoms with van der Waals surface area (Å²) in [5, 5.41) is 24.8. The molecular weight excluding hydrogens is 964 g/mol. The predicted octanol–water partition coefficient (Wildman–Crippen LogP) is 19.7. The highest BCUT2D eigenvalue weighted by Gasteiger charge is 2.32. The van der Waals surface area contributed by atoms with Crippen molar-refractivity contribution in [3.63, 3.8) is 0 Å². The lowest BCUT2D eigenvalue weighted by Gasteiger charge is -2.28. The Morgan fingerprint density at radius 1 is 0.447 bits per heavy atom. The average Bonchev–Trinajstić information content (AvgIpc) is 3.38. The van der Waals surface area contributed by atoms with Crippen molar-refractivity contribution in [1.82, 2.24) is 5.32 Å². The molecule has 10 heteroatoms. The lowest BCUT2D eigenvalue weighted by molar-refractivity contribution is -0.870. The van der Waals surface area contributed by atoms with Gasteiger partial charge < -0.3 is 24.9 Å². The molecule has 0 bridgehead atoms. The van der Waals surface area contributed by atoms with Crippen LogP contribution in [0, 0.1) is 0 Å². The quantitative estimate of drug-likeness (QED) is 0.0207. The fourth-order valence-corrected chi connectivity index (χ4v) is 11.0. The number of carbonyl (C=O) groups is 1.